The van der Waals surface area contributed by atoms with Crippen molar-refractivity contribution >= 4 is 17.7 Å². The van der Waals surface area contributed by atoms with Gasteiger partial charge in [0.05, 0.1) is 31.8 Å². The fraction of sp³-hybridized carbons (Fsp3) is 0.350. The van der Waals surface area contributed by atoms with Crippen LogP contribution in [0.5, 0.6) is 0 Å². The molecule has 8 heteroatoms. The van der Waals surface area contributed by atoms with Gasteiger partial charge >= 0.3 is 0 Å². The average Bonchev–Trinajstić information content (AvgIpc) is 3.38. The Morgan fingerprint density at radius 3 is 2.71 bits per heavy atom. The Morgan fingerprint density at radius 2 is 1.96 bits per heavy atom. The summed E-state index contributed by atoms with van der Waals surface area (Å²) in [5, 5.41) is 9.50. The van der Waals surface area contributed by atoms with E-state index >= 15 is 0 Å². The summed E-state index contributed by atoms with van der Waals surface area (Å²) in [5.41, 5.74) is 2.14. The smallest absolute Gasteiger partial charge is 0.233 e. The van der Waals surface area contributed by atoms with Crippen LogP contribution in [0.15, 0.2) is 52.2 Å². The molecule has 0 bridgehead atoms. The van der Waals surface area contributed by atoms with E-state index in [1.807, 2.05) is 39.8 Å². The van der Waals surface area contributed by atoms with Crippen molar-refractivity contribution < 1.29 is 13.9 Å². The Hall–Kier alpha value is -2.58. The van der Waals surface area contributed by atoms with E-state index in [1.54, 1.807) is 6.26 Å². The third-order valence-electron chi connectivity index (χ3n) is 4.69. The van der Waals surface area contributed by atoms with Crippen LogP contribution in [0.2, 0.25) is 0 Å². The molecule has 0 radical (unpaired) electrons. The van der Waals surface area contributed by atoms with E-state index in [0.29, 0.717) is 43.8 Å². The van der Waals surface area contributed by atoms with Gasteiger partial charge in [-0.3, -0.25) is 9.36 Å². The Morgan fingerprint density at radius 1 is 1.14 bits per heavy atom. The first-order chi connectivity index (χ1) is 13.7. The number of rotatable bonds is 6. The van der Waals surface area contributed by atoms with Gasteiger partial charge in [-0.05, 0) is 24.6 Å². The normalized spacial score (nSPS) is 14.4. The Bertz CT molecular complexity index is 933. The van der Waals surface area contributed by atoms with Gasteiger partial charge in [-0.15, -0.1) is 10.2 Å². The third kappa shape index (κ3) is 4.13. The molecule has 0 aliphatic carbocycles. The van der Waals surface area contributed by atoms with Crippen LogP contribution >= 0.6 is 11.8 Å². The second-order valence-corrected chi connectivity index (χ2v) is 7.51. The second-order valence-electron chi connectivity index (χ2n) is 6.57. The number of thioether (sulfide) groups is 1. The molecule has 1 amide bonds. The molecule has 1 aromatic carbocycles. The van der Waals surface area contributed by atoms with Gasteiger partial charge in [0.2, 0.25) is 5.91 Å². The van der Waals surface area contributed by atoms with Gasteiger partial charge < -0.3 is 14.1 Å². The molecule has 146 valence electrons. The molecular formula is C20H22N4O3S. The molecular weight excluding hydrogens is 376 g/mol. The second kappa shape index (κ2) is 8.62. The fourth-order valence-electron chi connectivity index (χ4n) is 3.15. The van der Waals surface area contributed by atoms with Crippen molar-refractivity contribution in [3.8, 4) is 11.4 Å². The molecule has 1 saturated heterocycles. The van der Waals surface area contributed by atoms with Crippen molar-refractivity contribution in [1.82, 2.24) is 19.7 Å². The number of furan rings is 1. The standard InChI is InChI=1S/C20H22N4O3S/c1-15-5-2-3-7-17(15)19-21-22-20(24(19)13-16-6-4-10-27-16)28-14-18(25)23-8-11-26-12-9-23/h2-7,10H,8-9,11-14H2,1H3. The zero-order chi connectivity index (χ0) is 19.3. The molecule has 1 fully saturated rings. The molecule has 1 aliphatic rings. The largest absolute Gasteiger partial charge is 0.467 e. The highest BCUT2D eigenvalue weighted by Gasteiger charge is 2.21. The highest BCUT2D eigenvalue weighted by molar-refractivity contribution is 7.99. The van der Waals surface area contributed by atoms with E-state index in [1.165, 1.54) is 11.8 Å². The average molecular weight is 398 g/mol. The summed E-state index contributed by atoms with van der Waals surface area (Å²) < 4.78 is 12.9. The summed E-state index contributed by atoms with van der Waals surface area (Å²) in [7, 11) is 0. The summed E-state index contributed by atoms with van der Waals surface area (Å²) in [6.07, 6.45) is 1.65. The molecule has 0 N–H and O–H groups in total. The number of amides is 1. The first-order valence-electron chi connectivity index (χ1n) is 9.22. The van der Waals surface area contributed by atoms with Gasteiger partial charge in [0.15, 0.2) is 11.0 Å². The van der Waals surface area contributed by atoms with Crippen molar-refractivity contribution in [1.29, 1.82) is 0 Å². The van der Waals surface area contributed by atoms with Crippen LogP contribution in [0.4, 0.5) is 0 Å². The maximum absolute atomic E-state index is 12.5. The first-order valence-corrected chi connectivity index (χ1v) is 10.2. The number of ether oxygens (including phenoxy) is 1. The van der Waals surface area contributed by atoms with Crippen LogP contribution in [0, 0.1) is 6.92 Å². The highest BCUT2D eigenvalue weighted by Crippen LogP contribution is 2.27. The van der Waals surface area contributed by atoms with Gasteiger partial charge in [0, 0.05) is 18.7 Å². The van der Waals surface area contributed by atoms with Crippen molar-refractivity contribution in [3.63, 3.8) is 0 Å². The van der Waals surface area contributed by atoms with Crippen molar-refractivity contribution in [2.45, 2.75) is 18.6 Å². The number of aryl methyl sites for hydroxylation is 1. The zero-order valence-electron chi connectivity index (χ0n) is 15.7. The predicted molar refractivity (Wildman–Crippen MR) is 106 cm³/mol. The van der Waals surface area contributed by atoms with Gasteiger partial charge in [-0.2, -0.15) is 0 Å². The number of hydrogen-bond donors (Lipinski definition) is 0. The number of carbonyl (C=O) groups is 1. The molecule has 3 heterocycles. The summed E-state index contributed by atoms with van der Waals surface area (Å²) in [4.78, 5) is 14.3. The maximum Gasteiger partial charge on any atom is 0.233 e. The lowest BCUT2D eigenvalue weighted by atomic mass is 10.1. The number of carbonyl (C=O) groups excluding carboxylic acids is 1. The summed E-state index contributed by atoms with van der Waals surface area (Å²) in [6.45, 7) is 5.05. The first kappa shape index (κ1) is 18.8. The minimum absolute atomic E-state index is 0.0956. The lowest BCUT2D eigenvalue weighted by Crippen LogP contribution is -2.41. The van der Waals surface area contributed by atoms with E-state index in [9.17, 15) is 4.79 Å². The molecule has 0 atom stereocenters. The van der Waals surface area contributed by atoms with E-state index in [0.717, 1.165) is 22.7 Å². The molecule has 0 spiro atoms. The zero-order valence-corrected chi connectivity index (χ0v) is 16.5. The van der Waals surface area contributed by atoms with Crippen LogP contribution in [-0.2, 0) is 16.1 Å². The van der Waals surface area contributed by atoms with E-state index < -0.39 is 0 Å². The number of aromatic nitrogens is 3. The van der Waals surface area contributed by atoms with Gasteiger partial charge in [0.25, 0.3) is 0 Å². The van der Waals surface area contributed by atoms with Crippen LogP contribution in [0.25, 0.3) is 11.4 Å². The van der Waals surface area contributed by atoms with E-state index in [4.69, 9.17) is 9.15 Å². The predicted octanol–water partition coefficient (Wildman–Crippen LogP) is 2.85. The Balaban J connectivity index is 1.58. The Labute approximate surface area is 167 Å². The number of hydrogen-bond acceptors (Lipinski definition) is 6. The highest BCUT2D eigenvalue weighted by atomic mass is 32.2. The SMILES string of the molecule is Cc1ccccc1-c1nnc(SCC(=O)N2CCOCC2)n1Cc1ccco1. The minimum Gasteiger partial charge on any atom is -0.467 e. The lowest BCUT2D eigenvalue weighted by Gasteiger charge is -2.26. The lowest BCUT2D eigenvalue weighted by molar-refractivity contribution is -0.132. The number of nitrogens with zero attached hydrogens (tertiary/aromatic N) is 4. The number of benzene rings is 1. The molecule has 4 rings (SSSR count). The third-order valence-corrected chi connectivity index (χ3v) is 5.64. The minimum atomic E-state index is 0.0956. The summed E-state index contributed by atoms with van der Waals surface area (Å²) in [6, 6.07) is 11.9. The maximum atomic E-state index is 12.5. The van der Waals surface area contributed by atoms with Crippen LogP contribution in [-0.4, -0.2) is 57.6 Å². The molecule has 7 nitrogen and oxygen atoms in total. The molecule has 1 aliphatic heterocycles. The van der Waals surface area contributed by atoms with Crippen LogP contribution in [0.3, 0.4) is 0 Å². The molecule has 0 unspecified atom stereocenters. The molecule has 3 aromatic rings. The van der Waals surface area contributed by atoms with Gasteiger partial charge in [-0.25, -0.2) is 0 Å². The van der Waals surface area contributed by atoms with Crippen LogP contribution < -0.4 is 0 Å². The summed E-state index contributed by atoms with van der Waals surface area (Å²) >= 11 is 1.41. The van der Waals surface area contributed by atoms with Crippen LogP contribution in [0.1, 0.15) is 11.3 Å². The van der Waals surface area contributed by atoms with Crippen molar-refractivity contribution in [2.75, 3.05) is 32.1 Å². The van der Waals surface area contributed by atoms with Gasteiger partial charge in [0.1, 0.15) is 5.76 Å². The topological polar surface area (TPSA) is 73.4 Å². The fourth-order valence-corrected chi connectivity index (χ4v) is 3.99. The summed E-state index contributed by atoms with van der Waals surface area (Å²) in [5.74, 6) is 2.01. The van der Waals surface area contributed by atoms with Crippen molar-refractivity contribution in [2.24, 2.45) is 0 Å². The Kier molecular flexibility index (Phi) is 5.78. The van der Waals surface area contributed by atoms with Crippen molar-refractivity contribution in [3.05, 3.63) is 54.0 Å². The number of morpholine rings is 1. The monoisotopic (exact) mass is 398 g/mol. The van der Waals surface area contributed by atoms with Gasteiger partial charge in [-0.1, -0.05) is 36.0 Å². The van der Waals surface area contributed by atoms with E-state index in [2.05, 4.69) is 23.2 Å². The molecule has 0 saturated carbocycles. The molecule has 28 heavy (non-hydrogen) atoms. The molecule has 2 aromatic heterocycles. The quantitative estimate of drug-likeness (QED) is 0.595. The van der Waals surface area contributed by atoms with E-state index in [-0.39, 0.29) is 5.91 Å².